The standard InChI is InChI=1S/C13H22N2O5/c1-8(2)7-9(11(16)17)14-13(19)15-6-4-5-10(15)12(18)20-3/h8-10H,4-7H2,1-3H3,(H,14,19)(H,16,17)/t9-,10?/m1/s1. The minimum Gasteiger partial charge on any atom is -0.480 e. The van der Waals surface area contributed by atoms with Crippen molar-refractivity contribution in [1.82, 2.24) is 10.2 Å². The zero-order valence-electron chi connectivity index (χ0n) is 12.1. The van der Waals surface area contributed by atoms with E-state index in [2.05, 4.69) is 10.1 Å². The number of carbonyl (C=O) groups excluding carboxylic acids is 2. The number of aliphatic carboxylic acids is 1. The molecule has 0 aromatic rings. The number of nitrogens with one attached hydrogen (secondary N) is 1. The van der Waals surface area contributed by atoms with Crippen LogP contribution in [0.1, 0.15) is 33.1 Å². The van der Waals surface area contributed by atoms with Gasteiger partial charge in [-0.25, -0.2) is 14.4 Å². The van der Waals surface area contributed by atoms with Gasteiger partial charge in [-0.15, -0.1) is 0 Å². The topological polar surface area (TPSA) is 95.9 Å². The van der Waals surface area contributed by atoms with Gasteiger partial charge in [-0.05, 0) is 25.2 Å². The Morgan fingerprint density at radius 3 is 2.55 bits per heavy atom. The van der Waals surface area contributed by atoms with E-state index in [0.29, 0.717) is 25.8 Å². The van der Waals surface area contributed by atoms with Crippen LogP contribution in [0, 0.1) is 5.92 Å². The van der Waals surface area contributed by atoms with Crippen LogP contribution in [-0.2, 0) is 14.3 Å². The van der Waals surface area contributed by atoms with Crippen LogP contribution in [0.25, 0.3) is 0 Å². The summed E-state index contributed by atoms with van der Waals surface area (Å²) in [5.74, 6) is -1.39. The van der Waals surface area contributed by atoms with Crippen LogP contribution < -0.4 is 5.32 Å². The van der Waals surface area contributed by atoms with Crippen molar-refractivity contribution in [1.29, 1.82) is 0 Å². The summed E-state index contributed by atoms with van der Waals surface area (Å²) >= 11 is 0. The summed E-state index contributed by atoms with van der Waals surface area (Å²) in [7, 11) is 1.27. The molecule has 1 aliphatic heterocycles. The molecule has 20 heavy (non-hydrogen) atoms. The first-order valence-corrected chi connectivity index (χ1v) is 6.74. The van der Waals surface area contributed by atoms with Crippen LogP contribution in [0.2, 0.25) is 0 Å². The lowest BCUT2D eigenvalue weighted by Gasteiger charge is -2.25. The number of carbonyl (C=O) groups is 3. The molecule has 0 spiro atoms. The molecule has 1 saturated heterocycles. The van der Waals surface area contributed by atoms with Gasteiger partial charge in [0.1, 0.15) is 12.1 Å². The highest BCUT2D eigenvalue weighted by Gasteiger charge is 2.36. The lowest BCUT2D eigenvalue weighted by Crippen LogP contribution is -2.51. The van der Waals surface area contributed by atoms with Crippen molar-refractivity contribution in [3.63, 3.8) is 0 Å². The second kappa shape index (κ2) is 7.12. The van der Waals surface area contributed by atoms with Crippen LogP contribution in [0.3, 0.4) is 0 Å². The maximum absolute atomic E-state index is 12.1. The van der Waals surface area contributed by atoms with E-state index >= 15 is 0 Å². The van der Waals surface area contributed by atoms with Gasteiger partial charge < -0.3 is 20.1 Å². The molecule has 0 bridgehead atoms. The van der Waals surface area contributed by atoms with Crippen molar-refractivity contribution in [3.8, 4) is 0 Å². The Kier molecular flexibility index (Phi) is 5.79. The molecule has 114 valence electrons. The Morgan fingerprint density at radius 2 is 2.05 bits per heavy atom. The molecule has 1 aliphatic rings. The van der Waals surface area contributed by atoms with Gasteiger partial charge in [0, 0.05) is 6.54 Å². The SMILES string of the molecule is COC(=O)C1CCCN1C(=O)N[C@H](CC(C)C)C(=O)O. The summed E-state index contributed by atoms with van der Waals surface area (Å²) in [6.07, 6.45) is 1.59. The highest BCUT2D eigenvalue weighted by molar-refractivity contribution is 5.87. The maximum atomic E-state index is 12.1. The molecule has 0 aromatic heterocycles. The lowest BCUT2D eigenvalue weighted by atomic mass is 10.0. The summed E-state index contributed by atoms with van der Waals surface area (Å²) in [6, 6.07) is -2.08. The molecule has 2 N–H and O–H groups in total. The first-order valence-electron chi connectivity index (χ1n) is 6.74. The second-order valence-corrected chi connectivity index (χ2v) is 5.34. The molecular formula is C13H22N2O5. The fourth-order valence-corrected chi connectivity index (χ4v) is 2.32. The summed E-state index contributed by atoms with van der Waals surface area (Å²) in [5.41, 5.74) is 0. The Morgan fingerprint density at radius 1 is 1.40 bits per heavy atom. The molecule has 2 atom stereocenters. The van der Waals surface area contributed by atoms with Gasteiger partial charge >= 0.3 is 18.0 Å². The Bertz CT molecular complexity index is 383. The number of hydrogen-bond donors (Lipinski definition) is 2. The number of urea groups is 1. The van der Waals surface area contributed by atoms with E-state index in [1.807, 2.05) is 13.8 Å². The van der Waals surface area contributed by atoms with Crippen molar-refractivity contribution in [2.75, 3.05) is 13.7 Å². The molecule has 1 heterocycles. The van der Waals surface area contributed by atoms with Crippen LogP contribution in [0.5, 0.6) is 0 Å². The molecule has 0 aliphatic carbocycles. The van der Waals surface area contributed by atoms with Gasteiger partial charge in [0.05, 0.1) is 7.11 Å². The van der Waals surface area contributed by atoms with E-state index < -0.39 is 30.1 Å². The van der Waals surface area contributed by atoms with Gasteiger partial charge in [-0.2, -0.15) is 0 Å². The number of rotatable bonds is 5. The van der Waals surface area contributed by atoms with E-state index in [0.717, 1.165) is 0 Å². The Hall–Kier alpha value is -1.79. The van der Waals surface area contributed by atoms with E-state index in [9.17, 15) is 14.4 Å². The Balaban J connectivity index is 2.68. The van der Waals surface area contributed by atoms with Crippen molar-refractivity contribution in [3.05, 3.63) is 0 Å². The fourth-order valence-electron chi connectivity index (χ4n) is 2.32. The van der Waals surface area contributed by atoms with Crippen LogP contribution in [-0.4, -0.2) is 53.7 Å². The fraction of sp³-hybridized carbons (Fsp3) is 0.769. The molecule has 2 amide bonds. The number of amides is 2. The zero-order valence-corrected chi connectivity index (χ0v) is 12.1. The monoisotopic (exact) mass is 286 g/mol. The minimum atomic E-state index is -1.07. The van der Waals surface area contributed by atoms with Gasteiger partial charge in [0.2, 0.25) is 0 Å². The van der Waals surface area contributed by atoms with Crippen LogP contribution >= 0.6 is 0 Å². The average molecular weight is 286 g/mol. The first kappa shape index (κ1) is 16.3. The van der Waals surface area contributed by atoms with Gasteiger partial charge in [0.25, 0.3) is 0 Å². The van der Waals surface area contributed by atoms with E-state index in [4.69, 9.17) is 5.11 Å². The molecular weight excluding hydrogens is 264 g/mol. The molecule has 7 nitrogen and oxygen atoms in total. The highest BCUT2D eigenvalue weighted by Crippen LogP contribution is 2.18. The molecule has 0 saturated carbocycles. The third kappa shape index (κ3) is 4.11. The first-order chi connectivity index (χ1) is 9.36. The van der Waals surface area contributed by atoms with Gasteiger partial charge in [0.15, 0.2) is 0 Å². The number of methoxy groups -OCH3 is 1. The number of nitrogens with zero attached hydrogens (tertiary/aromatic N) is 1. The lowest BCUT2D eigenvalue weighted by molar-refractivity contribution is -0.144. The Labute approximate surface area is 118 Å². The van der Waals surface area contributed by atoms with Crippen molar-refractivity contribution in [2.24, 2.45) is 5.92 Å². The van der Waals surface area contributed by atoms with E-state index in [1.165, 1.54) is 12.0 Å². The summed E-state index contributed by atoms with van der Waals surface area (Å²) in [4.78, 5) is 36.2. The summed E-state index contributed by atoms with van der Waals surface area (Å²) in [6.45, 7) is 4.20. The molecule has 1 rings (SSSR count). The molecule has 0 radical (unpaired) electrons. The number of hydrogen-bond acceptors (Lipinski definition) is 4. The summed E-state index contributed by atoms with van der Waals surface area (Å²) < 4.78 is 4.65. The predicted molar refractivity (Wildman–Crippen MR) is 71.2 cm³/mol. The third-order valence-corrected chi connectivity index (χ3v) is 3.29. The average Bonchev–Trinajstić information content (AvgIpc) is 2.85. The molecule has 1 unspecified atom stereocenters. The van der Waals surface area contributed by atoms with Crippen LogP contribution in [0.15, 0.2) is 0 Å². The van der Waals surface area contributed by atoms with Gasteiger partial charge in [-0.3, -0.25) is 0 Å². The van der Waals surface area contributed by atoms with E-state index in [1.54, 1.807) is 0 Å². The number of ether oxygens (including phenoxy) is 1. The van der Waals surface area contributed by atoms with Gasteiger partial charge in [-0.1, -0.05) is 13.8 Å². The molecule has 1 fully saturated rings. The largest absolute Gasteiger partial charge is 0.480 e. The third-order valence-electron chi connectivity index (χ3n) is 3.29. The second-order valence-electron chi connectivity index (χ2n) is 5.34. The number of carboxylic acid groups (broad SMARTS) is 1. The van der Waals surface area contributed by atoms with Crippen molar-refractivity contribution < 1.29 is 24.2 Å². The quantitative estimate of drug-likeness (QED) is 0.730. The number of carboxylic acids is 1. The summed E-state index contributed by atoms with van der Waals surface area (Å²) in [5, 5.41) is 11.6. The zero-order chi connectivity index (χ0) is 15.3. The smallest absolute Gasteiger partial charge is 0.328 e. The maximum Gasteiger partial charge on any atom is 0.328 e. The van der Waals surface area contributed by atoms with Crippen LogP contribution in [0.4, 0.5) is 4.79 Å². The van der Waals surface area contributed by atoms with Crippen molar-refractivity contribution in [2.45, 2.75) is 45.2 Å². The highest BCUT2D eigenvalue weighted by atomic mass is 16.5. The normalized spacial score (nSPS) is 19.8. The van der Waals surface area contributed by atoms with Crippen molar-refractivity contribution >= 4 is 18.0 Å². The number of esters is 1. The molecule has 7 heteroatoms. The minimum absolute atomic E-state index is 0.145. The predicted octanol–water partition coefficient (Wildman–Crippen LogP) is 0.833. The molecule has 0 aromatic carbocycles. The number of likely N-dealkylation sites (tertiary alicyclic amines) is 1. The van der Waals surface area contributed by atoms with E-state index in [-0.39, 0.29) is 5.92 Å².